The molecule has 0 bridgehead atoms. The van der Waals surface area contributed by atoms with E-state index in [1.807, 2.05) is 17.5 Å². The summed E-state index contributed by atoms with van der Waals surface area (Å²) in [5, 5.41) is 1.96. The van der Waals surface area contributed by atoms with Crippen LogP contribution in [-0.2, 0) is 6.61 Å². The minimum atomic E-state index is -0.379. The van der Waals surface area contributed by atoms with Crippen molar-refractivity contribution in [3.8, 4) is 5.75 Å². The third-order valence-corrected chi connectivity index (χ3v) is 3.46. The predicted molar refractivity (Wildman–Crippen MR) is 67.2 cm³/mol. The van der Waals surface area contributed by atoms with Crippen LogP contribution >= 0.6 is 27.3 Å². The van der Waals surface area contributed by atoms with Crippen LogP contribution in [0.4, 0.5) is 10.1 Å². The Balaban J connectivity index is 2.12. The smallest absolute Gasteiger partial charge is 0.145 e. The molecule has 0 amide bonds. The number of nitrogens with two attached hydrogens (primary N) is 1. The number of anilines is 1. The number of hydrogen-bond donors (Lipinski definition) is 1. The van der Waals surface area contributed by atoms with E-state index >= 15 is 0 Å². The van der Waals surface area contributed by atoms with Gasteiger partial charge >= 0.3 is 0 Å². The molecule has 0 aliphatic carbocycles. The Morgan fingerprint density at radius 3 is 2.94 bits per heavy atom. The highest BCUT2D eigenvalue weighted by Crippen LogP contribution is 2.29. The van der Waals surface area contributed by atoms with Gasteiger partial charge in [-0.15, -0.1) is 11.3 Å². The largest absolute Gasteiger partial charge is 0.486 e. The number of ether oxygens (including phenoxy) is 1. The van der Waals surface area contributed by atoms with E-state index in [0.29, 0.717) is 22.5 Å². The van der Waals surface area contributed by atoms with Gasteiger partial charge in [0.2, 0.25) is 0 Å². The Bertz CT molecular complexity index is 487. The Kier molecular flexibility index (Phi) is 3.46. The third kappa shape index (κ3) is 2.54. The SMILES string of the molecule is Nc1cc(Br)c(F)cc1OCc1cccs1. The number of rotatable bonds is 3. The van der Waals surface area contributed by atoms with Crippen LogP contribution < -0.4 is 10.5 Å². The molecule has 0 radical (unpaired) electrons. The minimum Gasteiger partial charge on any atom is -0.486 e. The second kappa shape index (κ2) is 4.84. The molecule has 84 valence electrons. The minimum absolute atomic E-state index is 0.341. The summed E-state index contributed by atoms with van der Waals surface area (Å²) in [6.07, 6.45) is 0. The van der Waals surface area contributed by atoms with Crippen LogP contribution in [0.25, 0.3) is 0 Å². The first-order valence-corrected chi connectivity index (χ1v) is 6.24. The average molecular weight is 302 g/mol. The van der Waals surface area contributed by atoms with Crippen molar-refractivity contribution >= 4 is 33.0 Å². The summed E-state index contributed by atoms with van der Waals surface area (Å²) < 4.78 is 19.0. The highest BCUT2D eigenvalue weighted by molar-refractivity contribution is 9.10. The summed E-state index contributed by atoms with van der Waals surface area (Å²) in [5.74, 6) is -0.00974. The van der Waals surface area contributed by atoms with E-state index in [0.717, 1.165) is 4.88 Å². The van der Waals surface area contributed by atoms with E-state index in [1.165, 1.54) is 12.1 Å². The molecule has 1 aromatic carbocycles. The first kappa shape index (κ1) is 11.4. The van der Waals surface area contributed by atoms with Gasteiger partial charge in [-0.25, -0.2) is 4.39 Å². The zero-order valence-electron chi connectivity index (χ0n) is 8.24. The van der Waals surface area contributed by atoms with Gasteiger partial charge in [-0.3, -0.25) is 0 Å². The molecule has 2 rings (SSSR count). The zero-order valence-corrected chi connectivity index (χ0v) is 10.6. The summed E-state index contributed by atoms with van der Waals surface area (Å²) in [6.45, 7) is 0.406. The summed E-state index contributed by atoms with van der Waals surface area (Å²) in [7, 11) is 0. The van der Waals surface area contributed by atoms with Gasteiger partial charge < -0.3 is 10.5 Å². The number of nitrogen functional groups attached to an aromatic ring is 1. The fourth-order valence-electron chi connectivity index (χ4n) is 1.21. The van der Waals surface area contributed by atoms with E-state index in [2.05, 4.69) is 15.9 Å². The third-order valence-electron chi connectivity index (χ3n) is 2.00. The van der Waals surface area contributed by atoms with Crippen LogP contribution in [-0.4, -0.2) is 0 Å². The average Bonchev–Trinajstić information content (AvgIpc) is 2.74. The monoisotopic (exact) mass is 301 g/mol. The number of benzene rings is 1. The van der Waals surface area contributed by atoms with Crippen LogP contribution in [0.15, 0.2) is 34.1 Å². The summed E-state index contributed by atoms with van der Waals surface area (Å²) >= 11 is 4.65. The molecule has 0 aliphatic rings. The van der Waals surface area contributed by atoms with Crippen LogP contribution in [0.1, 0.15) is 4.88 Å². The van der Waals surface area contributed by atoms with Gasteiger partial charge in [0.1, 0.15) is 18.2 Å². The molecule has 5 heteroatoms. The molecule has 0 saturated heterocycles. The van der Waals surface area contributed by atoms with Crippen molar-refractivity contribution in [1.82, 2.24) is 0 Å². The number of hydrogen-bond acceptors (Lipinski definition) is 3. The summed E-state index contributed by atoms with van der Waals surface area (Å²) in [5.41, 5.74) is 6.13. The quantitative estimate of drug-likeness (QED) is 0.875. The number of halogens is 2. The molecule has 0 saturated carbocycles. The molecule has 0 atom stereocenters. The fraction of sp³-hybridized carbons (Fsp3) is 0.0909. The first-order valence-electron chi connectivity index (χ1n) is 4.56. The lowest BCUT2D eigenvalue weighted by Crippen LogP contribution is -1.98. The lowest BCUT2D eigenvalue weighted by Gasteiger charge is -2.08. The van der Waals surface area contributed by atoms with Gasteiger partial charge in [0, 0.05) is 10.9 Å². The van der Waals surface area contributed by atoms with Gasteiger partial charge in [0.15, 0.2) is 0 Å². The lowest BCUT2D eigenvalue weighted by atomic mass is 10.3. The molecule has 0 unspecified atom stereocenters. The topological polar surface area (TPSA) is 35.2 Å². The van der Waals surface area contributed by atoms with E-state index in [4.69, 9.17) is 10.5 Å². The van der Waals surface area contributed by atoms with Crippen LogP contribution in [0.3, 0.4) is 0 Å². The Hall–Kier alpha value is -1.07. The van der Waals surface area contributed by atoms with Gasteiger partial charge in [-0.1, -0.05) is 6.07 Å². The highest BCUT2D eigenvalue weighted by atomic mass is 79.9. The highest BCUT2D eigenvalue weighted by Gasteiger charge is 2.07. The normalized spacial score (nSPS) is 10.4. The van der Waals surface area contributed by atoms with Gasteiger partial charge in [0.05, 0.1) is 10.2 Å². The fourth-order valence-corrected chi connectivity index (χ4v) is 2.19. The van der Waals surface area contributed by atoms with Crippen molar-refractivity contribution in [2.24, 2.45) is 0 Å². The van der Waals surface area contributed by atoms with Crippen molar-refractivity contribution < 1.29 is 9.13 Å². The molecule has 2 nitrogen and oxygen atoms in total. The van der Waals surface area contributed by atoms with Crippen molar-refractivity contribution in [1.29, 1.82) is 0 Å². The van der Waals surface area contributed by atoms with Crippen molar-refractivity contribution in [2.75, 3.05) is 5.73 Å². The molecule has 16 heavy (non-hydrogen) atoms. The maximum absolute atomic E-state index is 13.2. The second-order valence-electron chi connectivity index (χ2n) is 3.17. The molecule has 0 aliphatic heterocycles. The Labute approximate surface area is 105 Å². The Morgan fingerprint density at radius 1 is 1.44 bits per heavy atom. The van der Waals surface area contributed by atoms with Crippen LogP contribution in [0, 0.1) is 5.82 Å². The first-order chi connectivity index (χ1) is 7.66. The van der Waals surface area contributed by atoms with E-state index in [-0.39, 0.29) is 5.82 Å². The van der Waals surface area contributed by atoms with Crippen LogP contribution in [0.5, 0.6) is 5.75 Å². The van der Waals surface area contributed by atoms with Gasteiger partial charge in [-0.2, -0.15) is 0 Å². The molecule has 0 spiro atoms. The van der Waals surface area contributed by atoms with Crippen LogP contribution in [0.2, 0.25) is 0 Å². The van der Waals surface area contributed by atoms with E-state index in [9.17, 15) is 4.39 Å². The maximum Gasteiger partial charge on any atom is 0.145 e. The molecular weight excluding hydrogens is 293 g/mol. The van der Waals surface area contributed by atoms with Crippen molar-refractivity contribution in [2.45, 2.75) is 6.61 Å². The van der Waals surface area contributed by atoms with E-state index < -0.39 is 0 Å². The Morgan fingerprint density at radius 2 is 2.25 bits per heavy atom. The lowest BCUT2D eigenvalue weighted by molar-refractivity contribution is 0.310. The second-order valence-corrected chi connectivity index (χ2v) is 5.06. The molecule has 2 aromatic rings. The molecule has 0 fully saturated rings. The molecule has 1 aromatic heterocycles. The van der Waals surface area contributed by atoms with E-state index in [1.54, 1.807) is 11.3 Å². The molecule has 1 heterocycles. The predicted octanol–water partition coefficient (Wildman–Crippen LogP) is 3.81. The molecular formula is C11H9BrFNOS. The zero-order chi connectivity index (χ0) is 11.5. The summed E-state index contributed by atoms with van der Waals surface area (Å²) in [6, 6.07) is 6.68. The van der Waals surface area contributed by atoms with Crippen molar-refractivity contribution in [3.63, 3.8) is 0 Å². The van der Waals surface area contributed by atoms with Gasteiger partial charge in [0.25, 0.3) is 0 Å². The standard InChI is InChI=1S/C11H9BrFNOS/c12-8-4-10(14)11(5-9(8)13)15-6-7-2-1-3-16-7/h1-5H,6,14H2. The van der Waals surface area contributed by atoms with Crippen molar-refractivity contribution in [3.05, 3.63) is 44.8 Å². The summed E-state index contributed by atoms with van der Waals surface area (Å²) in [4.78, 5) is 1.07. The maximum atomic E-state index is 13.2. The number of thiophene rings is 1. The molecule has 2 N–H and O–H groups in total. The van der Waals surface area contributed by atoms with Gasteiger partial charge in [-0.05, 0) is 33.4 Å².